The van der Waals surface area contributed by atoms with Crippen molar-refractivity contribution >= 4 is 22.8 Å². The molecule has 0 amide bonds. The fourth-order valence-electron chi connectivity index (χ4n) is 4.22. The summed E-state index contributed by atoms with van der Waals surface area (Å²) in [6, 6.07) is 5.82. The summed E-state index contributed by atoms with van der Waals surface area (Å²) in [5.41, 5.74) is -0.455. The third kappa shape index (κ3) is 3.69. The van der Waals surface area contributed by atoms with Crippen LogP contribution in [0, 0.1) is 0 Å². The molecule has 2 fully saturated rings. The molecule has 1 atom stereocenters. The van der Waals surface area contributed by atoms with Crippen LogP contribution in [0.5, 0.6) is 0 Å². The molecule has 32 heavy (non-hydrogen) atoms. The summed E-state index contributed by atoms with van der Waals surface area (Å²) in [5, 5.41) is 0.598. The molecular formula is C21H19F5N6. The maximum atomic E-state index is 13.6. The lowest BCUT2D eigenvalue weighted by Gasteiger charge is -2.43. The second-order valence-electron chi connectivity index (χ2n) is 8.00. The highest BCUT2D eigenvalue weighted by Gasteiger charge is 2.42. The molecule has 0 N–H and O–H groups in total. The molecule has 2 saturated heterocycles. The van der Waals surface area contributed by atoms with Gasteiger partial charge in [0.1, 0.15) is 11.5 Å². The van der Waals surface area contributed by atoms with Crippen LogP contribution in [0.15, 0.2) is 36.7 Å². The first-order chi connectivity index (χ1) is 15.2. The van der Waals surface area contributed by atoms with Crippen molar-refractivity contribution in [2.75, 3.05) is 29.4 Å². The van der Waals surface area contributed by atoms with Crippen LogP contribution in [0.1, 0.15) is 36.6 Å². The number of alkyl halides is 5. The maximum absolute atomic E-state index is 13.6. The monoisotopic (exact) mass is 450 g/mol. The number of piperidine rings is 1. The Kier molecular flexibility index (Phi) is 4.86. The Bertz CT molecular complexity index is 1140. The summed E-state index contributed by atoms with van der Waals surface area (Å²) >= 11 is 0. The first kappa shape index (κ1) is 20.8. The molecule has 0 bridgehead atoms. The van der Waals surface area contributed by atoms with Gasteiger partial charge in [0.05, 0.1) is 11.4 Å². The van der Waals surface area contributed by atoms with E-state index in [1.807, 2.05) is 0 Å². The van der Waals surface area contributed by atoms with Crippen LogP contribution in [-0.4, -0.2) is 45.5 Å². The summed E-state index contributed by atoms with van der Waals surface area (Å²) < 4.78 is 67.8. The third-order valence-corrected chi connectivity index (χ3v) is 5.98. The van der Waals surface area contributed by atoms with E-state index in [-0.39, 0.29) is 37.4 Å². The van der Waals surface area contributed by atoms with Gasteiger partial charge in [-0.15, -0.1) is 0 Å². The molecule has 3 aromatic heterocycles. The fraction of sp³-hybridized carbons (Fsp3) is 0.429. The van der Waals surface area contributed by atoms with Gasteiger partial charge in [-0.2, -0.15) is 23.1 Å². The highest BCUT2D eigenvalue weighted by atomic mass is 19.4. The summed E-state index contributed by atoms with van der Waals surface area (Å²) in [5.74, 6) is -2.01. The summed E-state index contributed by atoms with van der Waals surface area (Å²) in [7, 11) is 0. The molecule has 5 rings (SSSR count). The number of rotatable bonds is 3. The SMILES string of the molecule is FC1(F)CCN(c2nc(N3CCC3c3cccnc3C(F)(F)F)c3cccnc3n2)CC1. The predicted octanol–water partition coefficient (Wildman–Crippen LogP) is 4.63. The van der Waals surface area contributed by atoms with Crippen molar-refractivity contribution in [1.82, 2.24) is 19.9 Å². The van der Waals surface area contributed by atoms with Crippen LogP contribution in [0.4, 0.5) is 33.7 Å². The number of fused-ring (bicyclic) bond motifs is 1. The Balaban J connectivity index is 1.55. The molecule has 3 aromatic rings. The molecule has 0 aromatic carbocycles. The number of hydrogen-bond acceptors (Lipinski definition) is 6. The van der Waals surface area contributed by atoms with Crippen molar-refractivity contribution in [3.8, 4) is 0 Å². The number of pyridine rings is 2. The number of anilines is 2. The minimum absolute atomic E-state index is 0.0843. The van der Waals surface area contributed by atoms with Gasteiger partial charge in [0, 0.05) is 50.4 Å². The molecule has 168 valence electrons. The standard InChI is InChI=1S/C21H19F5N6/c22-20(23)6-11-31(12-7-20)19-29-17-14(4-2-9-28-17)18(30-19)32-10-5-15(32)13-3-1-8-27-16(13)21(24,25)26/h1-4,8-9,15H,5-7,10-12H2. The lowest BCUT2D eigenvalue weighted by Crippen LogP contribution is -2.43. The van der Waals surface area contributed by atoms with Gasteiger partial charge < -0.3 is 9.80 Å². The molecule has 5 heterocycles. The van der Waals surface area contributed by atoms with Crippen molar-refractivity contribution in [1.29, 1.82) is 0 Å². The van der Waals surface area contributed by atoms with Crippen molar-refractivity contribution in [3.63, 3.8) is 0 Å². The van der Waals surface area contributed by atoms with Gasteiger partial charge >= 0.3 is 6.18 Å². The lowest BCUT2D eigenvalue weighted by molar-refractivity contribution is -0.142. The third-order valence-electron chi connectivity index (χ3n) is 5.98. The average molecular weight is 450 g/mol. The fourth-order valence-corrected chi connectivity index (χ4v) is 4.22. The van der Waals surface area contributed by atoms with Gasteiger partial charge in [0.25, 0.3) is 5.92 Å². The van der Waals surface area contributed by atoms with Gasteiger partial charge in [-0.05, 0) is 24.6 Å². The van der Waals surface area contributed by atoms with E-state index in [1.165, 1.54) is 12.1 Å². The Labute approximate surface area is 180 Å². The van der Waals surface area contributed by atoms with Gasteiger partial charge in [-0.3, -0.25) is 4.98 Å². The number of nitrogens with zero attached hydrogens (tertiary/aromatic N) is 6. The van der Waals surface area contributed by atoms with E-state index in [0.717, 1.165) is 6.20 Å². The first-order valence-electron chi connectivity index (χ1n) is 10.3. The van der Waals surface area contributed by atoms with Crippen LogP contribution < -0.4 is 9.80 Å². The largest absolute Gasteiger partial charge is 0.433 e. The molecule has 0 radical (unpaired) electrons. The molecule has 2 aliphatic heterocycles. The molecule has 6 nitrogen and oxygen atoms in total. The van der Waals surface area contributed by atoms with Crippen LogP contribution in [-0.2, 0) is 6.18 Å². The normalized spacial score (nSPS) is 21.0. The van der Waals surface area contributed by atoms with E-state index in [1.54, 1.807) is 28.1 Å². The minimum Gasteiger partial charge on any atom is -0.349 e. The number of aromatic nitrogens is 4. The number of hydrogen-bond donors (Lipinski definition) is 0. The summed E-state index contributed by atoms with van der Waals surface area (Å²) in [4.78, 5) is 20.4. The van der Waals surface area contributed by atoms with Gasteiger partial charge in [-0.25, -0.2) is 13.8 Å². The van der Waals surface area contributed by atoms with Crippen molar-refractivity contribution in [2.45, 2.75) is 37.4 Å². The second-order valence-corrected chi connectivity index (χ2v) is 8.00. The van der Waals surface area contributed by atoms with Gasteiger partial charge in [0.15, 0.2) is 5.65 Å². The Morgan fingerprint density at radius 3 is 2.34 bits per heavy atom. The van der Waals surface area contributed by atoms with E-state index < -0.39 is 23.8 Å². The predicted molar refractivity (Wildman–Crippen MR) is 108 cm³/mol. The number of halogens is 5. The Morgan fingerprint density at radius 2 is 1.66 bits per heavy atom. The quantitative estimate of drug-likeness (QED) is 0.543. The zero-order valence-corrected chi connectivity index (χ0v) is 16.9. The highest BCUT2D eigenvalue weighted by molar-refractivity contribution is 5.88. The van der Waals surface area contributed by atoms with Crippen LogP contribution in [0.3, 0.4) is 0 Å². The van der Waals surface area contributed by atoms with Crippen molar-refractivity contribution in [3.05, 3.63) is 47.9 Å². The van der Waals surface area contributed by atoms with E-state index in [0.29, 0.717) is 29.8 Å². The van der Waals surface area contributed by atoms with Gasteiger partial charge in [-0.1, -0.05) is 6.07 Å². The Morgan fingerprint density at radius 1 is 0.938 bits per heavy atom. The maximum Gasteiger partial charge on any atom is 0.433 e. The highest BCUT2D eigenvalue weighted by Crippen LogP contribution is 2.44. The molecular weight excluding hydrogens is 431 g/mol. The van der Waals surface area contributed by atoms with Crippen LogP contribution in [0.2, 0.25) is 0 Å². The second kappa shape index (κ2) is 7.49. The average Bonchev–Trinajstić information content (AvgIpc) is 2.72. The van der Waals surface area contributed by atoms with Crippen molar-refractivity contribution in [2.24, 2.45) is 0 Å². The minimum atomic E-state index is -4.57. The summed E-state index contributed by atoms with van der Waals surface area (Å²) in [6.07, 6.45) is -1.98. The molecule has 0 spiro atoms. The van der Waals surface area contributed by atoms with E-state index in [4.69, 9.17) is 0 Å². The van der Waals surface area contributed by atoms with E-state index in [9.17, 15) is 22.0 Å². The zero-order valence-electron chi connectivity index (χ0n) is 16.9. The van der Waals surface area contributed by atoms with Crippen molar-refractivity contribution < 1.29 is 22.0 Å². The van der Waals surface area contributed by atoms with E-state index in [2.05, 4.69) is 19.9 Å². The first-order valence-corrected chi connectivity index (χ1v) is 10.3. The summed E-state index contributed by atoms with van der Waals surface area (Å²) in [6.45, 7) is 0.680. The van der Waals surface area contributed by atoms with Crippen LogP contribution in [0.25, 0.3) is 11.0 Å². The zero-order chi connectivity index (χ0) is 22.5. The van der Waals surface area contributed by atoms with Gasteiger partial charge in [0.2, 0.25) is 5.95 Å². The van der Waals surface area contributed by atoms with E-state index >= 15 is 0 Å². The topological polar surface area (TPSA) is 58.0 Å². The molecule has 0 aliphatic carbocycles. The molecule has 2 aliphatic rings. The molecule has 0 saturated carbocycles. The smallest absolute Gasteiger partial charge is 0.349 e. The molecule has 11 heteroatoms. The van der Waals surface area contributed by atoms with Crippen LogP contribution >= 0.6 is 0 Å². The molecule has 1 unspecified atom stereocenters. The lowest BCUT2D eigenvalue weighted by atomic mass is 9.93. The Hall–Kier alpha value is -3.11.